The lowest BCUT2D eigenvalue weighted by Crippen LogP contribution is -2.30. The second kappa shape index (κ2) is 9.20. The number of carbonyl (C=O) groups is 1. The summed E-state index contributed by atoms with van der Waals surface area (Å²) in [5, 5.41) is 10.2. The third-order valence-electron chi connectivity index (χ3n) is 5.88. The molecule has 2 aromatic carbocycles. The lowest BCUT2D eigenvalue weighted by atomic mass is 10.1. The lowest BCUT2D eigenvalue weighted by molar-refractivity contribution is 0.0997. The van der Waals surface area contributed by atoms with E-state index >= 15 is 0 Å². The summed E-state index contributed by atoms with van der Waals surface area (Å²) in [5.41, 5.74) is 3.41. The maximum Gasteiger partial charge on any atom is 0.278 e. The molecule has 0 spiro atoms. The third-order valence-corrected chi connectivity index (χ3v) is 5.88. The van der Waals surface area contributed by atoms with Crippen molar-refractivity contribution in [1.82, 2.24) is 14.0 Å². The molecule has 0 radical (unpaired) electrons. The van der Waals surface area contributed by atoms with Crippen molar-refractivity contribution >= 4 is 22.6 Å². The smallest absolute Gasteiger partial charge is 0.278 e. The van der Waals surface area contributed by atoms with E-state index in [4.69, 9.17) is 4.98 Å². The van der Waals surface area contributed by atoms with Gasteiger partial charge >= 0.3 is 0 Å². The Labute approximate surface area is 200 Å². The molecule has 3 aromatic heterocycles. The highest BCUT2D eigenvalue weighted by Crippen LogP contribution is 2.12. The van der Waals surface area contributed by atoms with Gasteiger partial charge < -0.3 is 4.57 Å². The van der Waals surface area contributed by atoms with E-state index in [-0.39, 0.29) is 16.6 Å². The van der Waals surface area contributed by atoms with E-state index in [2.05, 4.69) is 11.1 Å². The van der Waals surface area contributed by atoms with Crippen molar-refractivity contribution in [2.75, 3.05) is 0 Å². The predicted octanol–water partition coefficient (Wildman–Crippen LogP) is 3.81. The maximum atomic E-state index is 13.3. The normalized spacial score (nSPS) is 11.6. The van der Waals surface area contributed by atoms with Crippen LogP contribution in [0.5, 0.6) is 0 Å². The van der Waals surface area contributed by atoms with Gasteiger partial charge in [0, 0.05) is 18.3 Å². The topological polar surface area (TPSA) is 92.5 Å². The molecule has 7 nitrogen and oxygen atoms in total. The second-order valence-corrected chi connectivity index (χ2v) is 8.25. The SMILES string of the molecule is Cc1ccc(C(=O)N=c2c(C#N)cc3c(=O)n4ccccc4nc3n2CCc2ccccc2)cc1. The average Bonchev–Trinajstić information content (AvgIpc) is 2.89. The van der Waals surface area contributed by atoms with Gasteiger partial charge in [-0.1, -0.05) is 54.1 Å². The van der Waals surface area contributed by atoms with E-state index in [0.717, 1.165) is 11.1 Å². The van der Waals surface area contributed by atoms with Gasteiger partial charge in [-0.3, -0.25) is 14.0 Å². The fourth-order valence-electron chi connectivity index (χ4n) is 4.03. The van der Waals surface area contributed by atoms with E-state index in [1.807, 2.05) is 49.4 Å². The molecule has 5 aromatic rings. The maximum absolute atomic E-state index is 13.3. The summed E-state index contributed by atoms with van der Waals surface area (Å²) in [7, 11) is 0. The average molecular weight is 460 g/mol. The molecule has 3 heterocycles. The number of fused-ring (bicyclic) bond motifs is 2. The highest BCUT2D eigenvalue weighted by atomic mass is 16.1. The number of nitriles is 1. The molecule has 0 saturated heterocycles. The fourth-order valence-corrected chi connectivity index (χ4v) is 4.03. The molecule has 0 fully saturated rings. The minimum atomic E-state index is -0.466. The molecule has 7 heteroatoms. The minimum absolute atomic E-state index is 0.140. The third kappa shape index (κ3) is 4.25. The summed E-state index contributed by atoms with van der Waals surface area (Å²) in [6.45, 7) is 2.32. The van der Waals surface area contributed by atoms with Crippen molar-refractivity contribution in [3.63, 3.8) is 0 Å². The molecule has 0 aliphatic rings. The molecule has 0 N–H and O–H groups in total. The van der Waals surface area contributed by atoms with Crippen LogP contribution in [-0.4, -0.2) is 19.9 Å². The number of aromatic nitrogens is 3. The Morgan fingerprint density at radius 1 is 1.03 bits per heavy atom. The molecular weight excluding hydrogens is 438 g/mol. The molecule has 0 aliphatic heterocycles. The van der Waals surface area contributed by atoms with Gasteiger partial charge in [-0.2, -0.15) is 10.3 Å². The van der Waals surface area contributed by atoms with Gasteiger partial charge in [-0.15, -0.1) is 0 Å². The Balaban J connectivity index is 1.79. The van der Waals surface area contributed by atoms with Crippen LogP contribution in [0.25, 0.3) is 16.7 Å². The van der Waals surface area contributed by atoms with Crippen LogP contribution in [0.2, 0.25) is 0 Å². The first-order valence-corrected chi connectivity index (χ1v) is 11.2. The number of hydrogen-bond acceptors (Lipinski definition) is 4. The predicted molar refractivity (Wildman–Crippen MR) is 133 cm³/mol. The highest BCUT2D eigenvalue weighted by molar-refractivity contribution is 5.95. The molecule has 35 heavy (non-hydrogen) atoms. The monoisotopic (exact) mass is 459 g/mol. The zero-order chi connectivity index (χ0) is 24.4. The van der Waals surface area contributed by atoms with Gasteiger partial charge in [0.2, 0.25) is 0 Å². The molecule has 0 aliphatic carbocycles. The first-order valence-electron chi connectivity index (χ1n) is 11.2. The zero-order valence-corrected chi connectivity index (χ0v) is 19.0. The molecule has 0 unspecified atom stereocenters. The molecule has 170 valence electrons. The number of nitrogens with zero attached hydrogens (tertiary/aromatic N) is 5. The van der Waals surface area contributed by atoms with Gasteiger partial charge in [0.15, 0.2) is 5.49 Å². The highest BCUT2D eigenvalue weighted by Gasteiger charge is 2.15. The number of benzene rings is 2. The Morgan fingerprint density at radius 2 is 1.77 bits per heavy atom. The first kappa shape index (κ1) is 22.0. The number of hydrogen-bond donors (Lipinski definition) is 0. The van der Waals surface area contributed by atoms with Crippen LogP contribution in [0.1, 0.15) is 27.0 Å². The Hall–Kier alpha value is -4.83. The van der Waals surface area contributed by atoms with Crippen LogP contribution in [0.3, 0.4) is 0 Å². The van der Waals surface area contributed by atoms with Crippen LogP contribution in [0.4, 0.5) is 0 Å². The van der Waals surface area contributed by atoms with Crippen molar-refractivity contribution in [3.8, 4) is 6.07 Å². The van der Waals surface area contributed by atoms with Crippen LogP contribution in [0, 0.1) is 18.3 Å². The summed E-state index contributed by atoms with van der Waals surface area (Å²) in [4.78, 5) is 35.4. The molecule has 0 bridgehead atoms. The Bertz CT molecular complexity index is 1740. The zero-order valence-electron chi connectivity index (χ0n) is 19.0. The number of amides is 1. The van der Waals surface area contributed by atoms with Gasteiger partial charge in [0.25, 0.3) is 11.5 Å². The summed E-state index contributed by atoms with van der Waals surface area (Å²) in [6, 6.07) is 25.9. The van der Waals surface area contributed by atoms with Crippen molar-refractivity contribution in [3.05, 3.63) is 123 Å². The fraction of sp³-hybridized carbons (Fsp3) is 0.107. The largest absolute Gasteiger partial charge is 0.309 e. The Morgan fingerprint density at radius 3 is 2.51 bits per heavy atom. The molecular formula is C28H21N5O2. The van der Waals surface area contributed by atoms with Crippen molar-refractivity contribution < 1.29 is 4.79 Å². The quantitative estimate of drug-likeness (QED) is 0.382. The molecule has 5 rings (SSSR count). The van der Waals surface area contributed by atoms with Crippen LogP contribution in [0.15, 0.2) is 94.8 Å². The molecule has 0 saturated carbocycles. The van der Waals surface area contributed by atoms with Crippen LogP contribution < -0.4 is 11.0 Å². The van der Waals surface area contributed by atoms with E-state index in [1.54, 1.807) is 41.1 Å². The van der Waals surface area contributed by atoms with Crippen LogP contribution in [-0.2, 0) is 13.0 Å². The van der Waals surface area contributed by atoms with Crippen molar-refractivity contribution in [1.29, 1.82) is 5.26 Å². The van der Waals surface area contributed by atoms with Crippen molar-refractivity contribution in [2.45, 2.75) is 19.9 Å². The number of rotatable bonds is 4. The summed E-state index contributed by atoms with van der Waals surface area (Å²) in [5.74, 6) is -0.466. The van der Waals surface area contributed by atoms with E-state index < -0.39 is 5.91 Å². The first-order chi connectivity index (χ1) is 17.0. The summed E-state index contributed by atoms with van der Waals surface area (Å²) in [6.07, 6.45) is 2.25. The van der Waals surface area contributed by atoms with Gasteiger partial charge in [0.05, 0.1) is 10.9 Å². The van der Waals surface area contributed by atoms with Crippen molar-refractivity contribution in [2.24, 2.45) is 4.99 Å². The molecule has 1 amide bonds. The summed E-state index contributed by atoms with van der Waals surface area (Å²) >= 11 is 0. The lowest BCUT2D eigenvalue weighted by Gasteiger charge is -2.13. The van der Waals surface area contributed by atoms with E-state index in [0.29, 0.717) is 35.2 Å². The Kier molecular flexibility index (Phi) is 5.78. The van der Waals surface area contributed by atoms with E-state index in [9.17, 15) is 14.9 Å². The van der Waals surface area contributed by atoms with Gasteiger partial charge in [0.1, 0.15) is 17.4 Å². The van der Waals surface area contributed by atoms with Crippen LogP contribution >= 0.6 is 0 Å². The standard InChI is InChI=1S/C28H21N5O2/c1-19-10-12-21(13-11-19)27(34)31-25-22(18-29)17-23-26(30-24-9-5-6-15-32(24)28(23)35)33(25)16-14-20-7-3-2-4-8-20/h2-13,15,17H,14,16H2,1H3. The van der Waals surface area contributed by atoms with Gasteiger partial charge in [-0.05, 0) is 49.2 Å². The van der Waals surface area contributed by atoms with Gasteiger partial charge in [-0.25, -0.2) is 4.98 Å². The second-order valence-electron chi connectivity index (χ2n) is 8.25. The number of carbonyl (C=O) groups excluding carboxylic acids is 1. The molecule has 0 atom stereocenters. The summed E-state index contributed by atoms with van der Waals surface area (Å²) < 4.78 is 3.15. The minimum Gasteiger partial charge on any atom is -0.309 e. The number of pyridine rings is 2. The van der Waals surface area contributed by atoms with E-state index in [1.165, 1.54) is 10.5 Å². The number of aryl methyl sites for hydroxylation is 3.